The van der Waals surface area contributed by atoms with Gasteiger partial charge >= 0.3 is 0 Å². The first-order valence-electron chi connectivity index (χ1n) is 6.11. The summed E-state index contributed by atoms with van der Waals surface area (Å²) in [5, 5.41) is 21.3. The molecular weight excluding hydrogens is 292 g/mol. The fourth-order valence-corrected chi connectivity index (χ4v) is 1.79. The third kappa shape index (κ3) is 3.42. The Morgan fingerprint density at radius 3 is 2.32 bits per heavy atom. The number of carbonyl (C=O) groups excluding carboxylic acids is 1. The molecule has 0 N–H and O–H groups in total. The number of benzene rings is 2. The first-order chi connectivity index (χ1) is 10.5. The molecule has 22 heavy (non-hydrogen) atoms. The summed E-state index contributed by atoms with van der Waals surface area (Å²) in [7, 11) is 0. The van der Waals surface area contributed by atoms with Gasteiger partial charge in [0.2, 0.25) is 0 Å². The maximum Gasteiger partial charge on any atom is 0.270 e. The van der Waals surface area contributed by atoms with Crippen LogP contribution in [-0.4, -0.2) is 16.1 Å². The zero-order valence-corrected chi connectivity index (χ0v) is 11.2. The highest BCUT2D eigenvalue weighted by Crippen LogP contribution is 2.24. The van der Waals surface area contributed by atoms with Gasteiger partial charge in [0, 0.05) is 24.3 Å². The Morgan fingerprint density at radius 2 is 1.68 bits per heavy atom. The summed E-state index contributed by atoms with van der Waals surface area (Å²) >= 11 is 0. The lowest BCUT2D eigenvalue weighted by molar-refractivity contribution is -0.385. The van der Waals surface area contributed by atoms with E-state index in [1.807, 2.05) is 0 Å². The molecule has 0 saturated heterocycles. The number of ether oxygens (including phenoxy) is 1. The Kier molecular flexibility index (Phi) is 4.42. The van der Waals surface area contributed by atoms with Gasteiger partial charge in [-0.25, -0.2) is 0 Å². The van der Waals surface area contributed by atoms with Crippen LogP contribution in [0.25, 0.3) is 0 Å². The van der Waals surface area contributed by atoms with E-state index < -0.39 is 9.85 Å². The van der Waals surface area contributed by atoms with Crippen LogP contribution in [-0.2, 0) is 6.61 Å². The summed E-state index contributed by atoms with van der Waals surface area (Å²) in [5.41, 5.74) is 0.300. The molecule has 0 spiro atoms. The predicted octanol–water partition coefficient (Wildman–Crippen LogP) is 2.89. The van der Waals surface area contributed by atoms with Gasteiger partial charge in [-0.05, 0) is 11.6 Å². The molecule has 2 aromatic rings. The van der Waals surface area contributed by atoms with Gasteiger partial charge in [0.05, 0.1) is 15.4 Å². The third-order valence-corrected chi connectivity index (χ3v) is 2.85. The van der Waals surface area contributed by atoms with Crippen LogP contribution in [0, 0.1) is 20.2 Å². The molecule has 0 amide bonds. The van der Waals surface area contributed by atoms with E-state index in [4.69, 9.17) is 4.74 Å². The van der Waals surface area contributed by atoms with Crippen LogP contribution in [0.15, 0.2) is 42.5 Å². The average Bonchev–Trinajstić information content (AvgIpc) is 2.52. The average molecular weight is 302 g/mol. The minimum atomic E-state index is -0.614. The number of rotatable bonds is 6. The van der Waals surface area contributed by atoms with Crippen molar-refractivity contribution in [1.29, 1.82) is 0 Å². The monoisotopic (exact) mass is 302 g/mol. The highest BCUT2D eigenvalue weighted by molar-refractivity contribution is 5.80. The fourth-order valence-electron chi connectivity index (χ4n) is 1.79. The Balaban J connectivity index is 2.17. The SMILES string of the molecule is O=Cc1cc([N+](=O)[O-])ccc1OCc1cccc([N+](=O)[O-])c1. The van der Waals surface area contributed by atoms with E-state index in [-0.39, 0.29) is 29.3 Å². The minimum Gasteiger partial charge on any atom is -0.488 e. The topological polar surface area (TPSA) is 113 Å². The molecule has 0 bridgehead atoms. The number of carbonyl (C=O) groups is 1. The second-order valence-corrected chi connectivity index (χ2v) is 4.31. The van der Waals surface area contributed by atoms with Gasteiger partial charge in [-0.15, -0.1) is 0 Å². The van der Waals surface area contributed by atoms with E-state index in [1.165, 1.54) is 30.3 Å². The molecule has 0 aromatic heterocycles. The van der Waals surface area contributed by atoms with Crippen molar-refractivity contribution in [1.82, 2.24) is 0 Å². The maximum absolute atomic E-state index is 11.0. The quantitative estimate of drug-likeness (QED) is 0.460. The van der Waals surface area contributed by atoms with Crippen LogP contribution in [0.1, 0.15) is 15.9 Å². The molecule has 0 atom stereocenters. The van der Waals surface area contributed by atoms with Gasteiger partial charge < -0.3 is 4.74 Å². The first-order valence-corrected chi connectivity index (χ1v) is 6.11. The van der Waals surface area contributed by atoms with E-state index in [1.54, 1.807) is 6.07 Å². The Labute approximate surface area is 124 Å². The van der Waals surface area contributed by atoms with E-state index in [2.05, 4.69) is 0 Å². The van der Waals surface area contributed by atoms with Gasteiger partial charge in [0.1, 0.15) is 12.4 Å². The summed E-state index contributed by atoms with van der Waals surface area (Å²) in [6.45, 7) is 0.000328. The molecule has 0 aliphatic carbocycles. The molecule has 2 rings (SSSR count). The smallest absolute Gasteiger partial charge is 0.270 e. The molecule has 0 radical (unpaired) electrons. The summed E-state index contributed by atoms with van der Waals surface area (Å²) < 4.78 is 5.41. The van der Waals surface area contributed by atoms with Crippen molar-refractivity contribution in [3.8, 4) is 5.75 Å². The van der Waals surface area contributed by atoms with Crippen molar-refractivity contribution in [2.45, 2.75) is 6.61 Å². The normalized spacial score (nSPS) is 10.0. The maximum atomic E-state index is 11.0. The van der Waals surface area contributed by atoms with E-state index >= 15 is 0 Å². The van der Waals surface area contributed by atoms with Gasteiger partial charge in [-0.2, -0.15) is 0 Å². The minimum absolute atomic E-state index is 0.000328. The summed E-state index contributed by atoms with van der Waals surface area (Å²) in [5.74, 6) is 0.173. The van der Waals surface area contributed by atoms with Crippen LogP contribution in [0.4, 0.5) is 11.4 Å². The highest BCUT2D eigenvalue weighted by atomic mass is 16.6. The predicted molar refractivity (Wildman–Crippen MR) is 75.9 cm³/mol. The van der Waals surface area contributed by atoms with E-state index in [9.17, 15) is 25.0 Å². The lowest BCUT2D eigenvalue weighted by Crippen LogP contribution is -2.00. The second-order valence-electron chi connectivity index (χ2n) is 4.31. The van der Waals surface area contributed by atoms with Crippen molar-refractivity contribution < 1.29 is 19.4 Å². The number of nitro benzene ring substituents is 2. The van der Waals surface area contributed by atoms with Gasteiger partial charge in [0.15, 0.2) is 6.29 Å². The van der Waals surface area contributed by atoms with Gasteiger partial charge in [0.25, 0.3) is 11.4 Å². The zero-order chi connectivity index (χ0) is 16.1. The Morgan fingerprint density at radius 1 is 1.00 bits per heavy atom. The Hall–Kier alpha value is -3.29. The van der Waals surface area contributed by atoms with Crippen molar-refractivity contribution in [2.75, 3.05) is 0 Å². The number of hydrogen-bond acceptors (Lipinski definition) is 6. The molecule has 0 aliphatic rings. The van der Waals surface area contributed by atoms with Gasteiger partial charge in [-0.3, -0.25) is 25.0 Å². The van der Waals surface area contributed by atoms with Crippen LogP contribution >= 0.6 is 0 Å². The number of nitrogens with zero attached hydrogens (tertiary/aromatic N) is 2. The van der Waals surface area contributed by atoms with Crippen LogP contribution in [0.2, 0.25) is 0 Å². The number of non-ortho nitro benzene ring substituents is 2. The van der Waals surface area contributed by atoms with Crippen molar-refractivity contribution >= 4 is 17.7 Å². The van der Waals surface area contributed by atoms with Crippen molar-refractivity contribution in [3.05, 3.63) is 73.8 Å². The van der Waals surface area contributed by atoms with Gasteiger partial charge in [-0.1, -0.05) is 12.1 Å². The largest absolute Gasteiger partial charge is 0.488 e. The zero-order valence-electron chi connectivity index (χ0n) is 11.2. The molecule has 112 valence electrons. The molecule has 8 heteroatoms. The summed E-state index contributed by atoms with van der Waals surface area (Å²) in [6.07, 6.45) is 0.454. The number of nitro groups is 2. The fraction of sp³-hybridized carbons (Fsp3) is 0.0714. The molecule has 8 nitrogen and oxygen atoms in total. The van der Waals surface area contributed by atoms with E-state index in [0.717, 1.165) is 6.07 Å². The molecule has 0 aliphatic heterocycles. The lowest BCUT2D eigenvalue weighted by Gasteiger charge is -2.08. The number of aldehydes is 1. The summed E-state index contributed by atoms with van der Waals surface area (Å²) in [4.78, 5) is 31.2. The molecular formula is C14H10N2O6. The molecule has 0 saturated carbocycles. The van der Waals surface area contributed by atoms with Crippen LogP contribution < -0.4 is 4.74 Å². The van der Waals surface area contributed by atoms with Crippen molar-refractivity contribution in [3.63, 3.8) is 0 Å². The van der Waals surface area contributed by atoms with Crippen molar-refractivity contribution in [2.24, 2.45) is 0 Å². The number of hydrogen-bond donors (Lipinski definition) is 0. The molecule has 2 aromatic carbocycles. The first kappa shape index (κ1) is 15.1. The Bertz CT molecular complexity index is 744. The highest BCUT2D eigenvalue weighted by Gasteiger charge is 2.12. The molecule has 0 heterocycles. The van der Waals surface area contributed by atoms with E-state index in [0.29, 0.717) is 11.8 Å². The lowest BCUT2D eigenvalue weighted by atomic mass is 10.2. The standard InChI is InChI=1S/C14H10N2O6/c17-8-11-7-13(16(20)21)4-5-14(11)22-9-10-2-1-3-12(6-10)15(18)19/h1-8H,9H2. The third-order valence-electron chi connectivity index (χ3n) is 2.85. The van der Waals surface area contributed by atoms with Crippen LogP contribution in [0.5, 0.6) is 5.75 Å². The van der Waals surface area contributed by atoms with Crippen LogP contribution in [0.3, 0.4) is 0 Å². The summed E-state index contributed by atoms with van der Waals surface area (Å²) in [6, 6.07) is 9.51. The second kappa shape index (κ2) is 6.44. The molecule has 0 unspecified atom stereocenters. The molecule has 0 fully saturated rings.